The molecule has 2 aromatic carbocycles. The van der Waals surface area contributed by atoms with Crippen molar-refractivity contribution in [2.24, 2.45) is 10.8 Å². The Morgan fingerprint density at radius 2 is 1.86 bits per heavy atom. The zero-order valence-corrected chi connectivity index (χ0v) is 17.6. The number of nitrogens with zero attached hydrogens (tertiary/aromatic N) is 1. The number of hydrogen-bond donors (Lipinski definition) is 0. The second-order valence-corrected chi connectivity index (χ2v) is 9.94. The smallest absolute Gasteiger partial charge is 0.260 e. The lowest BCUT2D eigenvalue weighted by atomic mass is 9.65. The van der Waals surface area contributed by atoms with E-state index in [1.54, 1.807) is 0 Å². The van der Waals surface area contributed by atoms with E-state index in [1.807, 2.05) is 53.4 Å². The summed E-state index contributed by atoms with van der Waals surface area (Å²) < 4.78 is 5.81. The van der Waals surface area contributed by atoms with E-state index in [-0.39, 0.29) is 17.9 Å². The number of likely N-dealkylation sites (tertiary alicyclic amines) is 1. The largest absolute Gasteiger partial charge is 0.482 e. The fourth-order valence-corrected chi connectivity index (χ4v) is 5.64. The molecule has 1 saturated carbocycles. The number of benzene rings is 2. The Bertz CT molecular complexity index is 879. The molecule has 4 heteroatoms. The van der Waals surface area contributed by atoms with Gasteiger partial charge in [0.15, 0.2) is 6.61 Å². The Morgan fingerprint density at radius 3 is 2.57 bits per heavy atom. The highest BCUT2D eigenvalue weighted by Gasteiger charge is 2.50. The van der Waals surface area contributed by atoms with E-state index in [9.17, 15) is 4.79 Å². The number of ether oxygens (including phenoxy) is 1. The van der Waals surface area contributed by atoms with Gasteiger partial charge in [0.05, 0.1) is 5.02 Å². The molecule has 0 spiro atoms. The van der Waals surface area contributed by atoms with Crippen molar-refractivity contribution >= 4 is 17.5 Å². The zero-order chi connectivity index (χ0) is 19.9. The molecule has 4 rings (SSSR count). The third kappa shape index (κ3) is 3.91. The van der Waals surface area contributed by atoms with Crippen LogP contribution in [0.25, 0.3) is 11.1 Å². The molecule has 1 heterocycles. The van der Waals surface area contributed by atoms with Crippen molar-refractivity contribution in [3.63, 3.8) is 0 Å². The van der Waals surface area contributed by atoms with Crippen LogP contribution in [0.3, 0.4) is 0 Å². The molecule has 2 fully saturated rings. The Morgan fingerprint density at radius 1 is 1.11 bits per heavy atom. The van der Waals surface area contributed by atoms with Crippen LogP contribution in [0.4, 0.5) is 0 Å². The van der Waals surface area contributed by atoms with Crippen molar-refractivity contribution in [2.75, 3.05) is 13.2 Å². The van der Waals surface area contributed by atoms with Crippen molar-refractivity contribution in [3.8, 4) is 16.9 Å². The molecular formula is C24H28ClNO2. The molecule has 2 bridgehead atoms. The molecule has 2 aromatic rings. The third-order valence-corrected chi connectivity index (χ3v) is 6.42. The van der Waals surface area contributed by atoms with Gasteiger partial charge in [0.2, 0.25) is 0 Å². The second kappa shape index (κ2) is 7.11. The van der Waals surface area contributed by atoms with Crippen LogP contribution in [0.1, 0.15) is 40.0 Å². The normalized spacial score (nSPS) is 25.6. The summed E-state index contributed by atoms with van der Waals surface area (Å²) in [6.45, 7) is 7.82. The molecule has 0 aromatic heterocycles. The molecule has 148 valence electrons. The number of amides is 1. The van der Waals surface area contributed by atoms with Crippen molar-refractivity contribution in [1.82, 2.24) is 4.90 Å². The lowest BCUT2D eigenvalue weighted by molar-refractivity contribution is -0.134. The monoisotopic (exact) mass is 397 g/mol. The Hall–Kier alpha value is -2.00. The number of halogens is 1. The highest BCUT2D eigenvalue weighted by molar-refractivity contribution is 6.32. The zero-order valence-electron chi connectivity index (χ0n) is 16.9. The van der Waals surface area contributed by atoms with Gasteiger partial charge < -0.3 is 9.64 Å². The number of fused-ring (bicyclic) bond motifs is 2. The van der Waals surface area contributed by atoms with Crippen molar-refractivity contribution < 1.29 is 9.53 Å². The maximum atomic E-state index is 12.9. The number of hydrogen-bond acceptors (Lipinski definition) is 2. The van der Waals surface area contributed by atoms with E-state index in [1.165, 1.54) is 6.42 Å². The van der Waals surface area contributed by atoms with Crippen molar-refractivity contribution in [3.05, 3.63) is 53.6 Å². The summed E-state index contributed by atoms with van der Waals surface area (Å²) in [5, 5.41) is 0.530. The first-order valence-corrected chi connectivity index (χ1v) is 10.4. The van der Waals surface area contributed by atoms with Crippen LogP contribution in [0, 0.1) is 10.8 Å². The van der Waals surface area contributed by atoms with Gasteiger partial charge in [0.1, 0.15) is 5.75 Å². The molecule has 0 N–H and O–H groups in total. The molecule has 1 saturated heterocycles. The summed E-state index contributed by atoms with van der Waals surface area (Å²) in [5.74, 6) is 0.623. The molecule has 0 radical (unpaired) electrons. The Balaban J connectivity index is 1.42. The van der Waals surface area contributed by atoms with E-state index in [4.69, 9.17) is 16.3 Å². The maximum absolute atomic E-state index is 12.9. The van der Waals surface area contributed by atoms with Crippen molar-refractivity contribution in [2.45, 2.75) is 46.1 Å². The second-order valence-electron chi connectivity index (χ2n) is 9.54. The van der Waals surface area contributed by atoms with Crippen LogP contribution >= 0.6 is 11.6 Å². The van der Waals surface area contributed by atoms with E-state index in [0.29, 0.717) is 22.2 Å². The molecule has 1 amide bonds. The van der Waals surface area contributed by atoms with Gasteiger partial charge in [-0.15, -0.1) is 0 Å². The minimum Gasteiger partial charge on any atom is -0.482 e. The average Bonchev–Trinajstić information content (AvgIpc) is 2.90. The fourth-order valence-electron chi connectivity index (χ4n) is 5.40. The van der Waals surface area contributed by atoms with Gasteiger partial charge in [-0.05, 0) is 53.4 Å². The minimum absolute atomic E-state index is 0.0391. The molecule has 3 nitrogen and oxygen atoms in total. The van der Waals surface area contributed by atoms with Gasteiger partial charge >= 0.3 is 0 Å². The number of carbonyl (C=O) groups is 1. The van der Waals surface area contributed by atoms with Crippen LogP contribution in [-0.2, 0) is 4.79 Å². The van der Waals surface area contributed by atoms with Crippen LogP contribution < -0.4 is 4.74 Å². The molecule has 28 heavy (non-hydrogen) atoms. The summed E-state index contributed by atoms with van der Waals surface area (Å²) in [4.78, 5) is 14.9. The van der Waals surface area contributed by atoms with Gasteiger partial charge in [-0.3, -0.25) is 4.79 Å². The van der Waals surface area contributed by atoms with E-state index in [0.717, 1.165) is 30.5 Å². The quantitative estimate of drug-likeness (QED) is 0.651. The lowest BCUT2D eigenvalue weighted by Gasteiger charge is -2.39. The number of carbonyl (C=O) groups excluding carboxylic acids is 1. The van der Waals surface area contributed by atoms with Crippen LogP contribution in [0.5, 0.6) is 5.75 Å². The SMILES string of the molecule is CC1(C)C[C@@H]2C[C@@](C)(CN2C(=O)COc2ccc(-c3ccccc3)cc2Cl)C1. The Labute approximate surface area is 172 Å². The van der Waals surface area contributed by atoms with Gasteiger partial charge in [-0.25, -0.2) is 0 Å². The first kappa shape index (κ1) is 19.3. The van der Waals surface area contributed by atoms with Crippen molar-refractivity contribution in [1.29, 1.82) is 0 Å². The topological polar surface area (TPSA) is 29.5 Å². The Kier molecular flexibility index (Phi) is 4.91. The summed E-state index contributed by atoms with van der Waals surface area (Å²) in [5.41, 5.74) is 2.67. The standard InChI is InChI=1S/C24H28ClNO2/c1-23(2)12-19-13-24(3,15-23)16-26(19)22(27)14-28-21-10-9-18(11-20(21)25)17-7-5-4-6-8-17/h4-11,19H,12-16H2,1-3H3/t19-,24-/m1/s1. The van der Waals surface area contributed by atoms with Crippen LogP contribution in [0.15, 0.2) is 48.5 Å². The molecular weight excluding hydrogens is 370 g/mol. The average molecular weight is 398 g/mol. The summed E-state index contributed by atoms with van der Waals surface area (Å²) >= 11 is 6.42. The van der Waals surface area contributed by atoms with E-state index < -0.39 is 0 Å². The van der Waals surface area contributed by atoms with Gasteiger partial charge in [-0.2, -0.15) is 0 Å². The highest BCUT2D eigenvalue weighted by Crippen LogP contribution is 2.52. The third-order valence-electron chi connectivity index (χ3n) is 6.13. The highest BCUT2D eigenvalue weighted by atomic mass is 35.5. The first-order chi connectivity index (χ1) is 13.2. The number of rotatable bonds is 4. The molecule has 2 aliphatic rings. The van der Waals surface area contributed by atoms with Crippen LogP contribution in [0.2, 0.25) is 5.02 Å². The van der Waals surface area contributed by atoms with Gasteiger partial charge in [0.25, 0.3) is 5.91 Å². The van der Waals surface area contributed by atoms with Gasteiger partial charge in [-0.1, -0.05) is 68.8 Å². The summed E-state index contributed by atoms with van der Waals surface area (Å²) in [6, 6.07) is 16.1. The predicted molar refractivity (Wildman–Crippen MR) is 114 cm³/mol. The molecule has 0 unspecified atom stereocenters. The summed E-state index contributed by atoms with van der Waals surface area (Å²) in [7, 11) is 0. The maximum Gasteiger partial charge on any atom is 0.260 e. The summed E-state index contributed by atoms with van der Waals surface area (Å²) in [6.07, 6.45) is 3.35. The molecule has 1 aliphatic carbocycles. The lowest BCUT2D eigenvalue weighted by Crippen LogP contribution is -2.40. The van der Waals surface area contributed by atoms with E-state index >= 15 is 0 Å². The first-order valence-electron chi connectivity index (χ1n) is 10.0. The molecule has 1 aliphatic heterocycles. The van der Waals surface area contributed by atoms with Gasteiger partial charge in [0, 0.05) is 12.6 Å². The van der Waals surface area contributed by atoms with Crippen LogP contribution in [-0.4, -0.2) is 30.0 Å². The minimum atomic E-state index is 0.0391. The molecule has 2 atom stereocenters. The van der Waals surface area contributed by atoms with E-state index in [2.05, 4.69) is 20.8 Å². The predicted octanol–water partition coefficient (Wildman–Crippen LogP) is 5.81. The fraction of sp³-hybridized carbons (Fsp3) is 0.458.